The SMILES string of the molecule is O=C(Cc1c[nH]c2ccccc12)N(Cc1ccco1)Cc1ccco1. The van der Waals surface area contributed by atoms with Crippen LogP contribution >= 0.6 is 0 Å². The van der Waals surface area contributed by atoms with Crippen LogP contribution in [0.4, 0.5) is 0 Å². The number of aromatic nitrogens is 1. The third-order valence-electron chi connectivity index (χ3n) is 4.22. The van der Waals surface area contributed by atoms with Gasteiger partial charge in [-0.05, 0) is 35.9 Å². The van der Waals surface area contributed by atoms with Crippen molar-refractivity contribution in [3.8, 4) is 0 Å². The minimum absolute atomic E-state index is 0.0255. The molecule has 0 spiro atoms. The molecule has 1 aromatic carbocycles. The van der Waals surface area contributed by atoms with Gasteiger partial charge in [0.2, 0.25) is 5.91 Å². The van der Waals surface area contributed by atoms with Crippen molar-refractivity contribution >= 4 is 16.8 Å². The molecule has 4 rings (SSSR count). The smallest absolute Gasteiger partial charge is 0.227 e. The summed E-state index contributed by atoms with van der Waals surface area (Å²) in [5.74, 6) is 1.52. The number of para-hydroxylation sites is 1. The summed E-state index contributed by atoms with van der Waals surface area (Å²) in [5.41, 5.74) is 2.03. The highest BCUT2D eigenvalue weighted by atomic mass is 16.3. The van der Waals surface area contributed by atoms with Crippen LogP contribution < -0.4 is 0 Å². The summed E-state index contributed by atoms with van der Waals surface area (Å²) < 4.78 is 10.8. The molecule has 1 amide bonds. The second-order valence-corrected chi connectivity index (χ2v) is 5.94. The molecular weight excluding hydrogens is 316 g/mol. The van der Waals surface area contributed by atoms with Crippen LogP contribution in [0.3, 0.4) is 0 Å². The molecule has 0 aliphatic rings. The number of hydrogen-bond acceptors (Lipinski definition) is 3. The molecule has 126 valence electrons. The Morgan fingerprint density at radius 1 is 0.920 bits per heavy atom. The monoisotopic (exact) mass is 334 g/mol. The molecule has 5 heteroatoms. The molecule has 5 nitrogen and oxygen atoms in total. The van der Waals surface area contributed by atoms with Crippen molar-refractivity contribution in [3.63, 3.8) is 0 Å². The van der Waals surface area contributed by atoms with Crippen molar-refractivity contribution in [2.24, 2.45) is 0 Å². The average molecular weight is 334 g/mol. The lowest BCUT2D eigenvalue weighted by molar-refractivity contribution is -0.132. The van der Waals surface area contributed by atoms with Gasteiger partial charge < -0.3 is 18.7 Å². The van der Waals surface area contributed by atoms with Gasteiger partial charge in [-0.3, -0.25) is 4.79 Å². The second kappa shape index (κ2) is 6.73. The van der Waals surface area contributed by atoms with E-state index in [2.05, 4.69) is 4.98 Å². The molecule has 0 aliphatic carbocycles. The number of nitrogens with one attached hydrogen (secondary N) is 1. The molecule has 1 N–H and O–H groups in total. The Bertz CT molecular complexity index is 916. The van der Waals surface area contributed by atoms with E-state index < -0.39 is 0 Å². The molecule has 0 saturated heterocycles. The predicted molar refractivity (Wildman–Crippen MR) is 93.7 cm³/mol. The highest BCUT2D eigenvalue weighted by molar-refractivity contribution is 5.88. The maximum Gasteiger partial charge on any atom is 0.227 e. The van der Waals surface area contributed by atoms with Gasteiger partial charge in [-0.2, -0.15) is 0 Å². The Morgan fingerprint density at radius 2 is 1.60 bits per heavy atom. The number of H-pyrrole nitrogens is 1. The van der Waals surface area contributed by atoms with Gasteiger partial charge in [-0.15, -0.1) is 0 Å². The highest BCUT2D eigenvalue weighted by Gasteiger charge is 2.19. The molecule has 3 aromatic heterocycles. The van der Waals surface area contributed by atoms with Gasteiger partial charge in [0, 0.05) is 17.1 Å². The number of furan rings is 2. The Hall–Kier alpha value is -3.21. The van der Waals surface area contributed by atoms with Crippen molar-refractivity contribution in [2.45, 2.75) is 19.5 Å². The first-order valence-corrected chi connectivity index (χ1v) is 8.17. The van der Waals surface area contributed by atoms with Gasteiger partial charge in [0.25, 0.3) is 0 Å². The van der Waals surface area contributed by atoms with Crippen molar-refractivity contribution in [3.05, 3.63) is 84.3 Å². The molecule has 0 aliphatic heterocycles. The van der Waals surface area contributed by atoms with Crippen LogP contribution in [0.25, 0.3) is 10.9 Å². The standard InChI is InChI=1S/C20H18N2O3/c23-20(11-15-12-21-19-8-2-1-7-18(15)19)22(13-16-5-3-9-24-16)14-17-6-4-10-25-17/h1-10,12,21H,11,13-14H2. The first-order valence-electron chi connectivity index (χ1n) is 8.17. The average Bonchev–Trinajstić information content (AvgIpc) is 3.37. The lowest BCUT2D eigenvalue weighted by Gasteiger charge is -2.20. The number of amides is 1. The van der Waals surface area contributed by atoms with Crippen LogP contribution in [0.2, 0.25) is 0 Å². The Morgan fingerprint density at radius 3 is 2.24 bits per heavy atom. The van der Waals surface area contributed by atoms with Gasteiger partial charge in [0.05, 0.1) is 32.0 Å². The van der Waals surface area contributed by atoms with Crippen LogP contribution in [-0.2, 0) is 24.3 Å². The van der Waals surface area contributed by atoms with Crippen LogP contribution in [0.5, 0.6) is 0 Å². The van der Waals surface area contributed by atoms with Gasteiger partial charge in [-0.1, -0.05) is 18.2 Å². The first kappa shape index (κ1) is 15.3. The van der Waals surface area contributed by atoms with Gasteiger partial charge >= 0.3 is 0 Å². The number of nitrogens with zero attached hydrogens (tertiary/aromatic N) is 1. The Labute approximate surface area is 144 Å². The zero-order valence-corrected chi connectivity index (χ0v) is 13.6. The summed E-state index contributed by atoms with van der Waals surface area (Å²) in [6, 6.07) is 15.4. The second-order valence-electron chi connectivity index (χ2n) is 5.94. The van der Waals surface area contributed by atoms with Crippen molar-refractivity contribution in [1.29, 1.82) is 0 Å². The van der Waals surface area contributed by atoms with Crippen LogP contribution in [0.1, 0.15) is 17.1 Å². The summed E-state index contributed by atoms with van der Waals surface area (Å²) in [4.78, 5) is 17.9. The van der Waals surface area contributed by atoms with E-state index in [0.29, 0.717) is 19.5 Å². The maximum absolute atomic E-state index is 12.9. The number of fused-ring (bicyclic) bond motifs is 1. The highest BCUT2D eigenvalue weighted by Crippen LogP contribution is 2.20. The number of hydrogen-bond donors (Lipinski definition) is 1. The normalized spacial score (nSPS) is 11.0. The van der Waals surface area contributed by atoms with E-state index >= 15 is 0 Å². The fourth-order valence-corrected chi connectivity index (χ4v) is 2.97. The van der Waals surface area contributed by atoms with Crippen molar-refractivity contribution in [2.75, 3.05) is 0 Å². The quantitative estimate of drug-likeness (QED) is 0.577. The molecule has 3 heterocycles. The fraction of sp³-hybridized carbons (Fsp3) is 0.150. The van der Waals surface area contributed by atoms with E-state index in [0.717, 1.165) is 28.0 Å². The number of benzene rings is 1. The van der Waals surface area contributed by atoms with Gasteiger partial charge in [-0.25, -0.2) is 0 Å². The number of carbonyl (C=O) groups excluding carboxylic acids is 1. The summed E-state index contributed by atoms with van der Waals surface area (Å²) in [7, 11) is 0. The Kier molecular flexibility index (Phi) is 4.12. The topological polar surface area (TPSA) is 62.4 Å². The molecule has 0 unspecified atom stereocenters. The molecule has 0 radical (unpaired) electrons. The third-order valence-corrected chi connectivity index (χ3v) is 4.22. The van der Waals surface area contributed by atoms with E-state index in [1.165, 1.54) is 0 Å². The molecule has 0 saturated carbocycles. The minimum atomic E-state index is 0.0255. The molecule has 0 atom stereocenters. The first-order chi connectivity index (χ1) is 12.3. The molecule has 0 bridgehead atoms. The number of carbonyl (C=O) groups is 1. The van der Waals surface area contributed by atoms with Crippen molar-refractivity contribution in [1.82, 2.24) is 9.88 Å². The zero-order valence-electron chi connectivity index (χ0n) is 13.6. The van der Waals surface area contributed by atoms with E-state index in [4.69, 9.17) is 8.83 Å². The molecule has 25 heavy (non-hydrogen) atoms. The number of rotatable bonds is 6. The Balaban J connectivity index is 1.56. The minimum Gasteiger partial charge on any atom is -0.467 e. The van der Waals surface area contributed by atoms with E-state index in [-0.39, 0.29) is 5.91 Å². The lowest BCUT2D eigenvalue weighted by Crippen LogP contribution is -2.31. The molecular formula is C20H18N2O3. The maximum atomic E-state index is 12.9. The summed E-state index contributed by atoms with van der Waals surface area (Å²) in [6.45, 7) is 0.823. The summed E-state index contributed by atoms with van der Waals surface area (Å²) in [6.07, 6.45) is 5.46. The van der Waals surface area contributed by atoms with Gasteiger partial charge in [0.15, 0.2) is 0 Å². The molecule has 0 fully saturated rings. The van der Waals surface area contributed by atoms with Crippen LogP contribution in [0, 0.1) is 0 Å². The van der Waals surface area contributed by atoms with Crippen LogP contribution in [-0.4, -0.2) is 15.8 Å². The number of aromatic amines is 1. The van der Waals surface area contributed by atoms with Crippen LogP contribution in [0.15, 0.2) is 76.1 Å². The summed E-state index contributed by atoms with van der Waals surface area (Å²) in [5, 5.41) is 1.08. The fourth-order valence-electron chi connectivity index (χ4n) is 2.97. The zero-order chi connectivity index (χ0) is 17.1. The van der Waals surface area contributed by atoms with E-state index in [1.54, 1.807) is 17.4 Å². The predicted octanol–water partition coefficient (Wildman–Crippen LogP) is 4.13. The molecule has 4 aromatic rings. The van der Waals surface area contributed by atoms with E-state index in [1.807, 2.05) is 54.7 Å². The largest absolute Gasteiger partial charge is 0.467 e. The van der Waals surface area contributed by atoms with Gasteiger partial charge in [0.1, 0.15) is 11.5 Å². The van der Waals surface area contributed by atoms with E-state index in [9.17, 15) is 4.79 Å². The van der Waals surface area contributed by atoms with Crippen molar-refractivity contribution < 1.29 is 13.6 Å². The summed E-state index contributed by atoms with van der Waals surface area (Å²) >= 11 is 0. The lowest BCUT2D eigenvalue weighted by atomic mass is 10.1. The third kappa shape index (κ3) is 3.35.